The number of nitrogens with two attached hydrogens (primary N) is 1. The fraction of sp³-hybridized carbons (Fsp3) is 0.200. The van der Waals surface area contributed by atoms with E-state index in [0.717, 1.165) is 5.56 Å². The Kier molecular flexibility index (Phi) is 5.48. The van der Waals surface area contributed by atoms with Crippen LogP contribution < -0.4 is 16.0 Å². The van der Waals surface area contributed by atoms with Crippen molar-refractivity contribution in [3.63, 3.8) is 0 Å². The van der Waals surface area contributed by atoms with Crippen LogP contribution in [0.1, 0.15) is 16.5 Å². The van der Waals surface area contributed by atoms with Gasteiger partial charge in [0.05, 0.1) is 4.88 Å². The fourth-order valence-electron chi connectivity index (χ4n) is 2.01. The number of nitrogens with one attached hydrogen (secondary N) is 2. The predicted molar refractivity (Wildman–Crippen MR) is 82.0 cm³/mol. The first kappa shape index (κ1) is 15.2. The molecule has 0 fully saturated rings. The molecule has 110 valence electrons. The molecule has 0 unspecified atom stereocenters. The summed E-state index contributed by atoms with van der Waals surface area (Å²) in [6, 6.07) is 13.6. The number of hydrogen-bond acceptors (Lipinski definition) is 3. The van der Waals surface area contributed by atoms with E-state index in [1.807, 2.05) is 47.1 Å². The number of urea groups is 1. The van der Waals surface area contributed by atoms with Crippen LogP contribution in [0.3, 0.4) is 0 Å². The van der Waals surface area contributed by atoms with Gasteiger partial charge in [0.1, 0.15) is 6.04 Å². The predicted octanol–water partition coefficient (Wildman–Crippen LogP) is 0.857. The number of imide groups is 1. The third-order valence-electron chi connectivity index (χ3n) is 3.03. The number of amides is 3. The number of thiophene rings is 1. The van der Waals surface area contributed by atoms with Crippen LogP contribution in [-0.2, 0) is 4.79 Å². The van der Waals surface area contributed by atoms with Crippen molar-refractivity contribution in [2.75, 3.05) is 13.6 Å². The maximum atomic E-state index is 11.7. The zero-order valence-corrected chi connectivity index (χ0v) is 12.5. The molecular weight excluding hydrogens is 286 g/mol. The van der Waals surface area contributed by atoms with Crippen LogP contribution in [0.25, 0.3) is 0 Å². The molecule has 0 aliphatic carbocycles. The van der Waals surface area contributed by atoms with Crippen LogP contribution in [-0.4, -0.2) is 25.5 Å². The highest BCUT2D eigenvalue weighted by molar-refractivity contribution is 7.10. The van der Waals surface area contributed by atoms with Crippen molar-refractivity contribution in [2.45, 2.75) is 6.04 Å². The molecule has 1 atom stereocenters. The lowest BCUT2D eigenvalue weighted by Crippen LogP contribution is -2.87. The Labute approximate surface area is 127 Å². The van der Waals surface area contributed by atoms with Gasteiger partial charge < -0.3 is 10.6 Å². The van der Waals surface area contributed by atoms with Crippen molar-refractivity contribution >= 4 is 23.3 Å². The molecule has 1 heterocycles. The van der Waals surface area contributed by atoms with Crippen LogP contribution in [0.4, 0.5) is 4.79 Å². The molecule has 0 aliphatic heterocycles. The maximum absolute atomic E-state index is 11.7. The summed E-state index contributed by atoms with van der Waals surface area (Å²) in [6.45, 7) is 0.185. The smallest absolute Gasteiger partial charge is 0.321 e. The molecule has 1 aromatic carbocycles. The average Bonchev–Trinajstić information content (AvgIpc) is 3.02. The molecule has 0 aliphatic rings. The minimum atomic E-state index is -0.485. The average molecular weight is 304 g/mol. The van der Waals surface area contributed by atoms with Gasteiger partial charge in [-0.25, -0.2) is 4.79 Å². The van der Waals surface area contributed by atoms with Gasteiger partial charge in [-0.05, 0) is 11.4 Å². The molecule has 0 saturated heterocycles. The Morgan fingerprint density at radius 2 is 1.95 bits per heavy atom. The molecule has 6 heteroatoms. The van der Waals surface area contributed by atoms with Gasteiger partial charge in [-0.3, -0.25) is 10.1 Å². The highest BCUT2D eigenvalue weighted by Gasteiger charge is 2.20. The topological polar surface area (TPSA) is 74.8 Å². The van der Waals surface area contributed by atoms with Crippen molar-refractivity contribution in [3.8, 4) is 0 Å². The minimum absolute atomic E-state index is 0.0571. The standard InChI is InChI=1S/C15H17N3O2S/c1-16-15(20)18-13(19)10-17-14(12-8-5-9-21-12)11-6-3-2-4-7-11/h2-9,14,17H,10H2,1H3,(H2,16,18,19,20)/p+1/t14-/m1/s1. The van der Waals surface area contributed by atoms with Gasteiger partial charge in [0.15, 0.2) is 6.54 Å². The van der Waals surface area contributed by atoms with Crippen LogP contribution in [0.15, 0.2) is 47.8 Å². The van der Waals surface area contributed by atoms with E-state index < -0.39 is 6.03 Å². The summed E-state index contributed by atoms with van der Waals surface area (Å²) < 4.78 is 0. The second-order valence-corrected chi connectivity index (χ2v) is 5.45. The Balaban J connectivity index is 2.04. The van der Waals surface area contributed by atoms with Crippen molar-refractivity contribution in [1.82, 2.24) is 10.6 Å². The van der Waals surface area contributed by atoms with E-state index in [2.05, 4.69) is 16.7 Å². The third kappa shape index (κ3) is 4.40. The number of hydrogen-bond donors (Lipinski definition) is 3. The highest BCUT2D eigenvalue weighted by atomic mass is 32.1. The summed E-state index contributed by atoms with van der Waals surface area (Å²) in [5.41, 5.74) is 1.13. The number of benzene rings is 1. The van der Waals surface area contributed by atoms with E-state index in [4.69, 9.17) is 0 Å². The van der Waals surface area contributed by atoms with Crippen molar-refractivity contribution in [1.29, 1.82) is 0 Å². The molecule has 5 nitrogen and oxygen atoms in total. The zero-order valence-electron chi connectivity index (χ0n) is 11.7. The summed E-state index contributed by atoms with van der Waals surface area (Å²) >= 11 is 1.65. The summed E-state index contributed by atoms with van der Waals surface area (Å²) in [5.74, 6) is -0.313. The summed E-state index contributed by atoms with van der Waals surface area (Å²) in [4.78, 5) is 24.0. The minimum Gasteiger partial charge on any atom is -0.341 e. The Bertz CT molecular complexity index is 584. The molecule has 4 N–H and O–H groups in total. The van der Waals surface area contributed by atoms with Gasteiger partial charge in [0, 0.05) is 12.6 Å². The first-order valence-corrected chi connectivity index (χ1v) is 7.52. The van der Waals surface area contributed by atoms with Crippen LogP contribution in [0, 0.1) is 0 Å². The second-order valence-electron chi connectivity index (χ2n) is 4.47. The summed E-state index contributed by atoms with van der Waals surface area (Å²) in [6.07, 6.45) is 0. The molecule has 21 heavy (non-hydrogen) atoms. The second kappa shape index (κ2) is 7.56. The first-order chi connectivity index (χ1) is 10.2. The Hall–Kier alpha value is -2.18. The van der Waals surface area contributed by atoms with Crippen LogP contribution in [0.2, 0.25) is 0 Å². The quantitative estimate of drug-likeness (QED) is 0.766. The van der Waals surface area contributed by atoms with E-state index in [9.17, 15) is 9.59 Å². The van der Waals surface area contributed by atoms with Gasteiger partial charge in [-0.1, -0.05) is 36.4 Å². The van der Waals surface area contributed by atoms with E-state index in [1.54, 1.807) is 11.3 Å². The molecule has 2 rings (SSSR count). The normalized spacial score (nSPS) is 11.7. The number of quaternary nitrogens is 1. The van der Waals surface area contributed by atoms with E-state index in [0.29, 0.717) is 0 Å². The fourth-order valence-corrected chi connectivity index (χ4v) is 2.86. The van der Waals surface area contributed by atoms with Crippen LogP contribution in [0.5, 0.6) is 0 Å². The van der Waals surface area contributed by atoms with E-state index in [-0.39, 0.29) is 18.5 Å². The summed E-state index contributed by atoms with van der Waals surface area (Å²) in [5, 5.41) is 8.57. The SMILES string of the molecule is CNC(=O)NC(=O)C[NH2+][C@H](c1ccccc1)c1cccs1. The number of carbonyl (C=O) groups excluding carboxylic acids is 2. The molecule has 1 aromatic heterocycles. The first-order valence-electron chi connectivity index (χ1n) is 6.64. The Morgan fingerprint density at radius 3 is 2.57 bits per heavy atom. The molecule has 0 radical (unpaired) electrons. The van der Waals surface area contributed by atoms with Crippen LogP contribution >= 0.6 is 11.3 Å². The van der Waals surface area contributed by atoms with E-state index >= 15 is 0 Å². The van der Waals surface area contributed by atoms with Gasteiger partial charge in [0.2, 0.25) is 0 Å². The molecule has 0 spiro atoms. The van der Waals surface area contributed by atoms with Gasteiger partial charge in [-0.15, -0.1) is 11.3 Å². The summed E-state index contributed by atoms with van der Waals surface area (Å²) in [7, 11) is 1.48. The molecule has 0 saturated carbocycles. The number of rotatable bonds is 5. The Morgan fingerprint density at radius 1 is 1.19 bits per heavy atom. The lowest BCUT2D eigenvalue weighted by Gasteiger charge is -2.14. The molecule has 2 aromatic rings. The zero-order chi connectivity index (χ0) is 15.1. The van der Waals surface area contributed by atoms with Gasteiger partial charge in [-0.2, -0.15) is 0 Å². The number of carbonyl (C=O) groups is 2. The van der Waals surface area contributed by atoms with Crippen molar-refractivity contribution < 1.29 is 14.9 Å². The van der Waals surface area contributed by atoms with E-state index in [1.165, 1.54) is 11.9 Å². The maximum Gasteiger partial charge on any atom is 0.321 e. The monoisotopic (exact) mass is 304 g/mol. The lowest BCUT2D eigenvalue weighted by atomic mass is 10.1. The largest absolute Gasteiger partial charge is 0.341 e. The molecule has 3 amide bonds. The third-order valence-corrected chi connectivity index (χ3v) is 3.98. The van der Waals surface area contributed by atoms with Crippen molar-refractivity contribution in [2.24, 2.45) is 0 Å². The lowest BCUT2D eigenvalue weighted by molar-refractivity contribution is -0.676. The molecule has 0 bridgehead atoms. The van der Waals surface area contributed by atoms with Crippen molar-refractivity contribution in [3.05, 3.63) is 58.3 Å². The molecular formula is C15H18N3O2S+. The van der Waals surface area contributed by atoms with Gasteiger partial charge in [0.25, 0.3) is 5.91 Å². The highest BCUT2D eigenvalue weighted by Crippen LogP contribution is 2.22. The van der Waals surface area contributed by atoms with Gasteiger partial charge >= 0.3 is 6.03 Å².